The van der Waals surface area contributed by atoms with Crippen LogP contribution in [0.4, 0.5) is 0 Å². The van der Waals surface area contributed by atoms with Gasteiger partial charge in [-0.25, -0.2) is 9.59 Å². The summed E-state index contributed by atoms with van der Waals surface area (Å²) in [5.41, 5.74) is 2.88. The lowest BCUT2D eigenvalue weighted by Crippen LogP contribution is -2.11. The van der Waals surface area contributed by atoms with Gasteiger partial charge in [0.1, 0.15) is 12.2 Å². The molecule has 0 saturated carbocycles. The van der Waals surface area contributed by atoms with E-state index in [1.165, 1.54) is 6.07 Å². The Hall–Kier alpha value is -2.73. The molecule has 1 aromatic heterocycles. The Kier molecular flexibility index (Phi) is 5.56. The molecule has 0 spiro atoms. The predicted octanol–water partition coefficient (Wildman–Crippen LogP) is 3.89. The van der Waals surface area contributed by atoms with Gasteiger partial charge >= 0.3 is 11.6 Å². The molecule has 27 heavy (non-hydrogen) atoms. The summed E-state index contributed by atoms with van der Waals surface area (Å²) < 4.78 is 22.8. The van der Waals surface area contributed by atoms with Gasteiger partial charge in [0, 0.05) is 22.8 Å². The number of fused-ring (bicyclic) bond motifs is 1. The van der Waals surface area contributed by atoms with E-state index in [0.29, 0.717) is 21.8 Å². The van der Waals surface area contributed by atoms with Gasteiger partial charge in [-0.2, -0.15) is 0 Å². The van der Waals surface area contributed by atoms with Crippen LogP contribution < -0.4 is 5.63 Å². The van der Waals surface area contributed by atoms with Gasteiger partial charge in [-0.05, 0) is 49.2 Å². The average Bonchev–Trinajstić information content (AvgIpc) is 2.66. The second kappa shape index (κ2) is 7.88. The van der Waals surface area contributed by atoms with Gasteiger partial charge in [0.15, 0.2) is 0 Å². The molecule has 1 atom stereocenters. The fourth-order valence-electron chi connectivity index (χ4n) is 2.81. The fraction of sp³-hybridized carbons (Fsp3) is 0.238. The zero-order chi connectivity index (χ0) is 19.6. The Morgan fingerprint density at radius 2 is 1.81 bits per heavy atom. The van der Waals surface area contributed by atoms with E-state index in [4.69, 9.17) is 9.15 Å². The van der Waals surface area contributed by atoms with E-state index < -0.39 is 22.4 Å². The van der Waals surface area contributed by atoms with Crippen molar-refractivity contribution in [2.24, 2.45) is 0 Å². The molecule has 0 amide bonds. The number of hydrogen-bond donors (Lipinski definition) is 0. The largest absolute Gasteiger partial charge is 0.457 e. The van der Waals surface area contributed by atoms with Gasteiger partial charge in [0.25, 0.3) is 0 Å². The molecule has 0 fully saturated rings. The standard InChI is InChI=1S/C21H20O5S/c1-4-27(24)19-8-6-5-7-16(19)21(23)25-12-15-11-20(22)26-18-10-14(3)13(2)9-17(15)18/h5-11H,4,12H2,1-3H3/t27-/m1/s1. The second-order valence-corrected chi connectivity index (χ2v) is 7.94. The normalized spacial score (nSPS) is 12.1. The van der Waals surface area contributed by atoms with Crippen molar-refractivity contribution in [3.05, 3.63) is 75.1 Å². The molecule has 0 bridgehead atoms. The molecule has 0 aliphatic rings. The number of hydrogen-bond acceptors (Lipinski definition) is 5. The number of carbonyl (C=O) groups excluding carboxylic acids is 1. The third-order valence-corrected chi connectivity index (χ3v) is 5.79. The van der Waals surface area contributed by atoms with Crippen molar-refractivity contribution in [1.29, 1.82) is 0 Å². The highest BCUT2D eigenvalue weighted by Crippen LogP contribution is 2.23. The first-order valence-electron chi connectivity index (χ1n) is 8.59. The van der Waals surface area contributed by atoms with Crippen molar-refractivity contribution in [1.82, 2.24) is 0 Å². The Labute approximate surface area is 159 Å². The Balaban J connectivity index is 1.92. The second-order valence-electron chi connectivity index (χ2n) is 6.23. The SMILES string of the molecule is CC[S@@](=O)c1ccccc1C(=O)OCc1cc(=O)oc2cc(C)c(C)cc12. The molecule has 0 aliphatic heterocycles. The fourth-order valence-corrected chi connectivity index (χ4v) is 3.75. The Morgan fingerprint density at radius 1 is 1.11 bits per heavy atom. The lowest BCUT2D eigenvalue weighted by atomic mass is 10.0. The minimum atomic E-state index is -1.27. The van der Waals surface area contributed by atoms with Crippen LogP contribution in [0.2, 0.25) is 0 Å². The van der Waals surface area contributed by atoms with Crippen molar-refractivity contribution < 1.29 is 18.2 Å². The van der Waals surface area contributed by atoms with E-state index in [9.17, 15) is 13.8 Å². The summed E-state index contributed by atoms with van der Waals surface area (Å²) in [6, 6.07) is 11.7. The van der Waals surface area contributed by atoms with E-state index in [2.05, 4.69) is 0 Å². The molecule has 0 radical (unpaired) electrons. The van der Waals surface area contributed by atoms with E-state index in [1.54, 1.807) is 37.3 Å². The van der Waals surface area contributed by atoms with Gasteiger partial charge < -0.3 is 9.15 Å². The maximum atomic E-state index is 12.5. The highest BCUT2D eigenvalue weighted by atomic mass is 32.2. The minimum absolute atomic E-state index is 0.0729. The van der Waals surface area contributed by atoms with Crippen LogP contribution in [0.3, 0.4) is 0 Å². The van der Waals surface area contributed by atoms with Gasteiger partial charge in [0.2, 0.25) is 0 Å². The first kappa shape index (κ1) is 19.0. The van der Waals surface area contributed by atoms with E-state index in [-0.39, 0.29) is 12.2 Å². The van der Waals surface area contributed by atoms with Crippen molar-refractivity contribution in [3.8, 4) is 0 Å². The molecule has 6 heteroatoms. The number of esters is 1. The smallest absolute Gasteiger partial charge is 0.339 e. The third-order valence-electron chi connectivity index (χ3n) is 4.42. The summed E-state index contributed by atoms with van der Waals surface area (Å²) in [7, 11) is -1.27. The first-order chi connectivity index (χ1) is 12.9. The number of benzene rings is 2. The van der Waals surface area contributed by atoms with Gasteiger partial charge in [0.05, 0.1) is 21.3 Å². The summed E-state index contributed by atoms with van der Waals surface area (Å²) in [5, 5.41) is 0.732. The van der Waals surface area contributed by atoms with Crippen LogP contribution in [-0.4, -0.2) is 15.9 Å². The number of carbonyl (C=O) groups is 1. The van der Waals surface area contributed by atoms with Crippen molar-refractivity contribution in [3.63, 3.8) is 0 Å². The zero-order valence-corrected chi connectivity index (χ0v) is 16.2. The Morgan fingerprint density at radius 3 is 2.56 bits per heavy atom. The topological polar surface area (TPSA) is 73.6 Å². The van der Waals surface area contributed by atoms with Crippen LogP contribution in [0.25, 0.3) is 11.0 Å². The first-order valence-corrected chi connectivity index (χ1v) is 9.91. The number of rotatable bonds is 5. The van der Waals surface area contributed by atoms with Crippen LogP contribution in [0.15, 0.2) is 56.6 Å². The van der Waals surface area contributed by atoms with E-state index in [1.807, 2.05) is 19.9 Å². The van der Waals surface area contributed by atoms with Gasteiger partial charge in [-0.3, -0.25) is 4.21 Å². The summed E-state index contributed by atoms with van der Waals surface area (Å²) >= 11 is 0. The average molecular weight is 384 g/mol. The maximum absolute atomic E-state index is 12.5. The van der Waals surface area contributed by atoms with Crippen LogP contribution in [0, 0.1) is 13.8 Å². The lowest BCUT2D eigenvalue weighted by Gasteiger charge is -2.11. The van der Waals surface area contributed by atoms with Crippen molar-refractivity contribution in [2.45, 2.75) is 32.3 Å². The Bertz CT molecular complexity index is 1100. The van der Waals surface area contributed by atoms with Gasteiger partial charge in [-0.15, -0.1) is 0 Å². The summed E-state index contributed by atoms with van der Waals surface area (Å²) in [5.74, 6) is -0.162. The molecule has 0 unspecified atom stereocenters. The third kappa shape index (κ3) is 4.01. The van der Waals surface area contributed by atoms with Crippen LogP contribution in [0.1, 0.15) is 34.0 Å². The molecule has 0 aliphatic carbocycles. The summed E-state index contributed by atoms with van der Waals surface area (Å²) in [6.07, 6.45) is 0. The van der Waals surface area contributed by atoms with Crippen LogP contribution in [0.5, 0.6) is 0 Å². The van der Waals surface area contributed by atoms with Crippen LogP contribution in [-0.2, 0) is 22.1 Å². The minimum Gasteiger partial charge on any atom is -0.457 e. The highest BCUT2D eigenvalue weighted by molar-refractivity contribution is 7.85. The molecule has 3 aromatic rings. The maximum Gasteiger partial charge on any atom is 0.339 e. The predicted molar refractivity (Wildman–Crippen MR) is 104 cm³/mol. The van der Waals surface area contributed by atoms with Crippen molar-refractivity contribution >= 4 is 27.7 Å². The van der Waals surface area contributed by atoms with E-state index >= 15 is 0 Å². The summed E-state index contributed by atoms with van der Waals surface area (Å²) in [4.78, 5) is 24.8. The summed E-state index contributed by atoms with van der Waals surface area (Å²) in [6.45, 7) is 5.62. The lowest BCUT2D eigenvalue weighted by molar-refractivity contribution is 0.0469. The molecule has 0 N–H and O–H groups in total. The molecule has 1 heterocycles. The molecule has 0 saturated heterocycles. The molecule has 3 rings (SSSR count). The molecular formula is C21H20O5S. The molecule has 5 nitrogen and oxygen atoms in total. The van der Waals surface area contributed by atoms with Crippen LogP contribution >= 0.6 is 0 Å². The monoisotopic (exact) mass is 384 g/mol. The zero-order valence-electron chi connectivity index (χ0n) is 15.4. The molecule has 140 valence electrons. The quantitative estimate of drug-likeness (QED) is 0.493. The molecular weight excluding hydrogens is 364 g/mol. The highest BCUT2D eigenvalue weighted by Gasteiger charge is 2.17. The number of aryl methyl sites for hydroxylation is 2. The van der Waals surface area contributed by atoms with Crippen molar-refractivity contribution in [2.75, 3.05) is 5.75 Å². The number of ether oxygens (including phenoxy) is 1. The van der Waals surface area contributed by atoms with Gasteiger partial charge in [-0.1, -0.05) is 19.1 Å². The molecule has 2 aromatic carbocycles. The van der Waals surface area contributed by atoms with E-state index in [0.717, 1.165) is 16.5 Å².